The minimum atomic E-state index is 0.743. The quantitative estimate of drug-likeness (QED) is 0.598. The van der Waals surface area contributed by atoms with E-state index in [2.05, 4.69) is 4.90 Å². The van der Waals surface area contributed by atoms with E-state index in [1.54, 1.807) is 6.42 Å². The van der Waals surface area contributed by atoms with Crippen LogP contribution in [0.3, 0.4) is 0 Å². The van der Waals surface area contributed by atoms with Crippen molar-refractivity contribution in [3.05, 3.63) is 0 Å². The topological polar surface area (TPSA) is 3.24 Å². The number of nitrogens with zero attached hydrogens (tertiary/aromatic N) is 1. The molecule has 2 aliphatic carbocycles. The molecule has 2 saturated carbocycles. The van der Waals surface area contributed by atoms with Crippen molar-refractivity contribution < 1.29 is 0 Å². The first-order valence-corrected chi connectivity index (χ1v) is 6.17. The van der Waals surface area contributed by atoms with Crippen molar-refractivity contribution in [2.24, 2.45) is 5.92 Å². The largest absolute Gasteiger partial charge is 0.297 e. The van der Waals surface area contributed by atoms with Crippen LogP contribution in [0.2, 0.25) is 0 Å². The highest BCUT2D eigenvalue weighted by atomic mass is 15.3. The molecule has 13 heavy (non-hydrogen) atoms. The average molecular weight is 179 g/mol. The summed E-state index contributed by atoms with van der Waals surface area (Å²) in [5.74, 6) is 1.10. The van der Waals surface area contributed by atoms with E-state index in [1.165, 1.54) is 58.0 Å². The highest BCUT2D eigenvalue weighted by Gasteiger charge is 2.57. The van der Waals surface area contributed by atoms with Gasteiger partial charge in [0.25, 0.3) is 0 Å². The highest BCUT2D eigenvalue weighted by molar-refractivity contribution is 5.12. The van der Waals surface area contributed by atoms with E-state index in [9.17, 15) is 0 Å². The number of hydrogen-bond donors (Lipinski definition) is 0. The van der Waals surface area contributed by atoms with Gasteiger partial charge in [-0.25, -0.2) is 0 Å². The summed E-state index contributed by atoms with van der Waals surface area (Å²) in [6, 6.07) is 0. The van der Waals surface area contributed by atoms with Crippen molar-refractivity contribution in [1.82, 2.24) is 4.90 Å². The molecule has 1 nitrogen and oxygen atoms in total. The first-order chi connectivity index (χ1) is 6.42. The molecule has 74 valence electrons. The number of hydrogen-bond acceptors (Lipinski definition) is 1. The fourth-order valence-electron chi connectivity index (χ4n) is 3.75. The van der Waals surface area contributed by atoms with E-state index in [0.29, 0.717) is 0 Å². The second kappa shape index (κ2) is 2.98. The van der Waals surface area contributed by atoms with E-state index in [-0.39, 0.29) is 0 Å². The molecule has 2 unspecified atom stereocenters. The second-order valence-corrected chi connectivity index (χ2v) is 5.30. The first-order valence-electron chi connectivity index (χ1n) is 6.17. The molecule has 0 aromatic rings. The summed E-state index contributed by atoms with van der Waals surface area (Å²) < 4.78 is 0. The van der Waals surface area contributed by atoms with Gasteiger partial charge in [0.1, 0.15) is 0 Å². The predicted octanol–water partition coefficient (Wildman–Crippen LogP) is 2.81. The van der Waals surface area contributed by atoms with Gasteiger partial charge in [0.2, 0.25) is 0 Å². The van der Waals surface area contributed by atoms with Gasteiger partial charge in [0, 0.05) is 5.54 Å². The van der Waals surface area contributed by atoms with Crippen molar-refractivity contribution in [2.45, 2.75) is 56.9 Å². The van der Waals surface area contributed by atoms with Crippen LogP contribution >= 0.6 is 0 Å². The van der Waals surface area contributed by atoms with Crippen LogP contribution in [-0.4, -0.2) is 23.5 Å². The molecule has 0 aromatic heterocycles. The van der Waals surface area contributed by atoms with Gasteiger partial charge in [-0.2, -0.15) is 0 Å². The third-order valence-electron chi connectivity index (χ3n) is 4.60. The minimum Gasteiger partial charge on any atom is -0.297 e. The Morgan fingerprint density at radius 2 is 1.77 bits per heavy atom. The lowest BCUT2D eigenvalue weighted by Crippen LogP contribution is -2.36. The molecule has 1 aliphatic heterocycles. The van der Waals surface area contributed by atoms with Crippen molar-refractivity contribution in [3.8, 4) is 0 Å². The molecule has 0 spiro atoms. The Balaban J connectivity index is 1.73. The summed E-state index contributed by atoms with van der Waals surface area (Å²) in [5.41, 5.74) is 0.743. The Morgan fingerprint density at radius 1 is 0.923 bits per heavy atom. The molecule has 0 N–H and O–H groups in total. The van der Waals surface area contributed by atoms with Crippen molar-refractivity contribution in [2.75, 3.05) is 13.1 Å². The molecule has 1 saturated heterocycles. The summed E-state index contributed by atoms with van der Waals surface area (Å²) >= 11 is 0. The zero-order valence-corrected chi connectivity index (χ0v) is 8.60. The van der Waals surface area contributed by atoms with Crippen LogP contribution < -0.4 is 0 Å². The molecule has 3 fully saturated rings. The van der Waals surface area contributed by atoms with Crippen molar-refractivity contribution in [1.29, 1.82) is 0 Å². The molecule has 3 rings (SSSR count). The third-order valence-corrected chi connectivity index (χ3v) is 4.60. The smallest absolute Gasteiger partial charge is 0.0241 e. The van der Waals surface area contributed by atoms with Gasteiger partial charge in [-0.15, -0.1) is 0 Å². The van der Waals surface area contributed by atoms with Gasteiger partial charge >= 0.3 is 0 Å². The van der Waals surface area contributed by atoms with Gasteiger partial charge in [-0.3, -0.25) is 4.90 Å². The molecule has 0 aromatic carbocycles. The van der Waals surface area contributed by atoms with E-state index in [0.717, 1.165) is 11.5 Å². The van der Waals surface area contributed by atoms with Crippen molar-refractivity contribution in [3.63, 3.8) is 0 Å². The standard InChI is InChI=1S/C12H21N/c1-2-6-11-10-12(11,7-3-1)13-8-4-5-9-13/h11H,1-10H2. The molecule has 1 heterocycles. The lowest BCUT2D eigenvalue weighted by atomic mass is 10.1. The van der Waals surface area contributed by atoms with Crippen LogP contribution in [0.5, 0.6) is 0 Å². The monoisotopic (exact) mass is 179 g/mol. The van der Waals surface area contributed by atoms with Gasteiger partial charge in [0.05, 0.1) is 0 Å². The molecule has 3 aliphatic rings. The van der Waals surface area contributed by atoms with E-state index < -0.39 is 0 Å². The summed E-state index contributed by atoms with van der Waals surface area (Å²) in [4.78, 5) is 2.84. The summed E-state index contributed by atoms with van der Waals surface area (Å²) in [5, 5.41) is 0. The predicted molar refractivity (Wildman–Crippen MR) is 54.7 cm³/mol. The number of fused-ring (bicyclic) bond motifs is 1. The second-order valence-electron chi connectivity index (χ2n) is 5.30. The maximum atomic E-state index is 2.84. The zero-order valence-electron chi connectivity index (χ0n) is 8.60. The Morgan fingerprint density at radius 3 is 2.62 bits per heavy atom. The van der Waals surface area contributed by atoms with E-state index >= 15 is 0 Å². The van der Waals surface area contributed by atoms with Crippen LogP contribution in [0, 0.1) is 5.92 Å². The van der Waals surface area contributed by atoms with Crippen LogP contribution in [0.1, 0.15) is 51.4 Å². The van der Waals surface area contributed by atoms with Crippen LogP contribution in [0.15, 0.2) is 0 Å². The normalized spacial score (nSPS) is 45.7. The number of rotatable bonds is 1. The molecule has 0 bridgehead atoms. The summed E-state index contributed by atoms with van der Waals surface area (Å²) in [6.07, 6.45) is 12.1. The first kappa shape index (κ1) is 8.28. The van der Waals surface area contributed by atoms with Crippen LogP contribution in [0.4, 0.5) is 0 Å². The molecule has 0 radical (unpaired) electrons. The summed E-state index contributed by atoms with van der Waals surface area (Å²) in [7, 11) is 0. The van der Waals surface area contributed by atoms with E-state index in [1.807, 2.05) is 0 Å². The molecule has 2 atom stereocenters. The lowest BCUT2D eigenvalue weighted by molar-refractivity contribution is 0.192. The van der Waals surface area contributed by atoms with Gasteiger partial charge < -0.3 is 0 Å². The molecular formula is C12H21N. The van der Waals surface area contributed by atoms with Gasteiger partial charge in [0.15, 0.2) is 0 Å². The minimum absolute atomic E-state index is 0.743. The van der Waals surface area contributed by atoms with Gasteiger partial charge in [-0.1, -0.05) is 19.3 Å². The SMILES string of the molecule is C1CCC2CC2(N2CCCC2)CC1. The maximum absolute atomic E-state index is 2.84. The molecule has 0 amide bonds. The lowest BCUT2D eigenvalue weighted by Gasteiger charge is -2.28. The summed E-state index contributed by atoms with van der Waals surface area (Å²) in [6.45, 7) is 2.83. The third kappa shape index (κ3) is 1.24. The molecule has 1 heteroatoms. The molecular weight excluding hydrogens is 158 g/mol. The highest BCUT2D eigenvalue weighted by Crippen LogP contribution is 2.56. The Labute approximate surface area is 81.5 Å². The van der Waals surface area contributed by atoms with E-state index in [4.69, 9.17) is 0 Å². The van der Waals surface area contributed by atoms with Crippen molar-refractivity contribution >= 4 is 0 Å². The van der Waals surface area contributed by atoms with Crippen LogP contribution in [-0.2, 0) is 0 Å². The fourth-order valence-corrected chi connectivity index (χ4v) is 3.75. The maximum Gasteiger partial charge on any atom is 0.0241 e. The fraction of sp³-hybridized carbons (Fsp3) is 1.00. The van der Waals surface area contributed by atoms with Gasteiger partial charge in [-0.05, 0) is 51.1 Å². The average Bonchev–Trinajstić information content (AvgIpc) is 2.59. The zero-order chi connectivity index (χ0) is 8.73. The number of likely N-dealkylation sites (tertiary alicyclic amines) is 1. The Kier molecular flexibility index (Phi) is 1.90. The Hall–Kier alpha value is -0.0400. The van der Waals surface area contributed by atoms with Crippen LogP contribution in [0.25, 0.3) is 0 Å². The Bertz CT molecular complexity index is 195.